The number of hydrogen-bond donors (Lipinski definition) is 0. The lowest BCUT2D eigenvalue weighted by Crippen LogP contribution is -2.37. The van der Waals surface area contributed by atoms with Crippen molar-refractivity contribution >= 4 is 27.0 Å². The minimum atomic E-state index is 0.0839. The van der Waals surface area contributed by atoms with E-state index in [-0.39, 0.29) is 5.56 Å². The number of halogens is 1. The van der Waals surface area contributed by atoms with Gasteiger partial charge >= 0.3 is 0 Å². The highest BCUT2D eigenvalue weighted by Gasteiger charge is 2.24. The standard InChI is InChI=1S/C25H22BrN3O/c26-20-10-8-19(9-11-20)15-28-14-12-21-22-7-4-13-27-24(22)29(25(30)23(21)17-28)16-18-5-2-1-3-6-18/h1-11,13H,12,14-17H2. The van der Waals surface area contributed by atoms with Crippen LogP contribution in [0.1, 0.15) is 22.3 Å². The second kappa shape index (κ2) is 8.17. The number of benzene rings is 2. The summed E-state index contributed by atoms with van der Waals surface area (Å²) in [6.07, 6.45) is 2.65. The van der Waals surface area contributed by atoms with Crippen LogP contribution in [0.4, 0.5) is 0 Å². The number of aromatic nitrogens is 2. The first-order valence-electron chi connectivity index (χ1n) is 10.2. The van der Waals surface area contributed by atoms with Crippen LogP contribution in [0.3, 0.4) is 0 Å². The zero-order chi connectivity index (χ0) is 20.5. The van der Waals surface area contributed by atoms with Gasteiger partial charge in [-0.1, -0.05) is 58.4 Å². The van der Waals surface area contributed by atoms with Crippen molar-refractivity contribution in [2.24, 2.45) is 0 Å². The summed E-state index contributed by atoms with van der Waals surface area (Å²) in [5.41, 5.74) is 5.31. The molecular weight excluding hydrogens is 438 g/mol. The van der Waals surface area contributed by atoms with Gasteiger partial charge in [0, 0.05) is 41.3 Å². The van der Waals surface area contributed by atoms with E-state index < -0.39 is 0 Å². The van der Waals surface area contributed by atoms with Gasteiger partial charge in [0.05, 0.1) is 6.54 Å². The molecule has 4 aromatic rings. The molecule has 0 atom stereocenters. The van der Waals surface area contributed by atoms with E-state index in [1.54, 1.807) is 6.20 Å². The van der Waals surface area contributed by atoms with Crippen molar-refractivity contribution in [3.8, 4) is 0 Å². The SMILES string of the molecule is O=c1c2c(c3cccnc3n1Cc1ccccc1)CCN(Cc1ccc(Br)cc1)C2. The van der Waals surface area contributed by atoms with E-state index in [1.165, 1.54) is 11.1 Å². The lowest BCUT2D eigenvalue weighted by molar-refractivity contribution is 0.244. The molecule has 1 aliphatic heterocycles. The van der Waals surface area contributed by atoms with Crippen LogP contribution >= 0.6 is 15.9 Å². The minimum Gasteiger partial charge on any atom is -0.294 e. The molecule has 30 heavy (non-hydrogen) atoms. The molecule has 5 heteroatoms. The molecule has 3 heterocycles. The second-order valence-electron chi connectivity index (χ2n) is 7.80. The highest BCUT2D eigenvalue weighted by molar-refractivity contribution is 9.10. The van der Waals surface area contributed by atoms with Crippen LogP contribution in [0.15, 0.2) is 82.2 Å². The maximum absolute atomic E-state index is 13.6. The third-order valence-electron chi connectivity index (χ3n) is 5.80. The van der Waals surface area contributed by atoms with Crippen molar-refractivity contribution < 1.29 is 0 Å². The van der Waals surface area contributed by atoms with E-state index >= 15 is 0 Å². The van der Waals surface area contributed by atoms with Gasteiger partial charge in [0.1, 0.15) is 5.65 Å². The third-order valence-corrected chi connectivity index (χ3v) is 6.33. The summed E-state index contributed by atoms with van der Waals surface area (Å²) >= 11 is 3.50. The predicted molar refractivity (Wildman–Crippen MR) is 124 cm³/mol. The maximum atomic E-state index is 13.6. The van der Waals surface area contributed by atoms with Crippen molar-refractivity contribution in [2.75, 3.05) is 6.54 Å². The number of hydrogen-bond acceptors (Lipinski definition) is 3. The van der Waals surface area contributed by atoms with E-state index in [4.69, 9.17) is 0 Å². The molecule has 2 aromatic carbocycles. The van der Waals surface area contributed by atoms with Gasteiger partial charge in [0.2, 0.25) is 0 Å². The van der Waals surface area contributed by atoms with Crippen LogP contribution in [0, 0.1) is 0 Å². The highest BCUT2D eigenvalue weighted by atomic mass is 79.9. The van der Waals surface area contributed by atoms with Crippen molar-refractivity contribution in [3.63, 3.8) is 0 Å². The molecule has 0 unspecified atom stereocenters. The van der Waals surface area contributed by atoms with Crippen LogP contribution in [0.5, 0.6) is 0 Å². The zero-order valence-corrected chi connectivity index (χ0v) is 18.2. The first-order chi connectivity index (χ1) is 14.7. The van der Waals surface area contributed by atoms with Gasteiger partial charge in [-0.05, 0) is 47.4 Å². The van der Waals surface area contributed by atoms with Crippen molar-refractivity contribution in [2.45, 2.75) is 26.1 Å². The molecule has 0 spiro atoms. The monoisotopic (exact) mass is 459 g/mol. The normalized spacial score (nSPS) is 14.0. The van der Waals surface area contributed by atoms with E-state index in [9.17, 15) is 4.79 Å². The Labute approximate surface area is 183 Å². The summed E-state index contributed by atoms with van der Waals surface area (Å²) in [5.74, 6) is 0. The largest absolute Gasteiger partial charge is 0.294 e. The second-order valence-corrected chi connectivity index (χ2v) is 8.71. The summed E-state index contributed by atoms with van der Waals surface area (Å²) in [4.78, 5) is 20.5. The molecule has 0 amide bonds. The number of nitrogens with zero attached hydrogens (tertiary/aromatic N) is 3. The molecule has 0 saturated carbocycles. The minimum absolute atomic E-state index is 0.0839. The molecule has 0 aliphatic carbocycles. The van der Waals surface area contributed by atoms with Crippen LogP contribution in [0.25, 0.3) is 11.0 Å². The fourth-order valence-electron chi connectivity index (χ4n) is 4.32. The lowest BCUT2D eigenvalue weighted by Gasteiger charge is -2.30. The van der Waals surface area contributed by atoms with E-state index in [2.05, 4.69) is 68.3 Å². The van der Waals surface area contributed by atoms with Gasteiger partial charge < -0.3 is 0 Å². The first kappa shape index (κ1) is 19.2. The Morgan fingerprint density at radius 3 is 2.43 bits per heavy atom. The number of rotatable bonds is 4. The molecule has 1 aliphatic rings. The molecule has 4 nitrogen and oxygen atoms in total. The highest BCUT2D eigenvalue weighted by Crippen LogP contribution is 2.25. The average molecular weight is 460 g/mol. The molecule has 0 fully saturated rings. The Balaban J connectivity index is 1.54. The van der Waals surface area contributed by atoms with Crippen LogP contribution in [-0.2, 0) is 26.1 Å². The van der Waals surface area contributed by atoms with Crippen LogP contribution < -0.4 is 5.56 Å². The molecule has 0 saturated heterocycles. The van der Waals surface area contributed by atoms with Crippen LogP contribution in [0.2, 0.25) is 0 Å². The summed E-state index contributed by atoms with van der Waals surface area (Å²) in [6, 6.07) is 22.6. The fraction of sp³-hybridized carbons (Fsp3) is 0.200. The van der Waals surface area contributed by atoms with Crippen molar-refractivity contribution in [1.29, 1.82) is 0 Å². The maximum Gasteiger partial charge on any atom is 0.257 e. The van der Waals surface area contributed by atoms with Gasteiger partial charge in [-0.15, -0.1) is 0 Å². The number of fused-ring (bicyclic) bond motifs is 3. The summed E-state index contributed by atoms with van der Waals surface area (Å²) in [5, 5.41) is 1.10. The molecule has 150 valence electrons. The van der Waals surface area contributed by atoms with Gasteiger partial charge in [-0.3, -0.25) is 14.3 Å². The first-order valence-corrected chi connectivity index (χ1v) is 11.0. The molecule has 0 bridgehead atoms. The fourth-order valence-corrected chi connectivity index (χ4v) is 4.58. The summed E-state index contributed by atoms with van der Waals surface area (Å²) < 4.78 is 2.92. The van der Waals surface area contributed by atoms with Gasteiger partial charge in [0.15, 0.2) is 0 Å². The Hall–Kier alpha value is -2.76. The molecule has 5 rings (SSSR count). The van der Waals surface area contributed by atoms with Gasteiger partial charge in [-0.25, -0.2) is 4.98 Å². The Kier molecular flexibility index (Phi) is 5.23. The summed E-state index contributed by atoms with van der Waals surface area (Å²) in [6.45, 7) is 2.99. The smallest absolute Gasteiger partial charge is 0.257 e. The summed E-state index contributed by atoms with van der Waals surface area (Å²) in [7, 11) is 0. The van der Waals surface area contributed by atoms with Gasteiger partial charge in [0.25, 0.3) is 5.56 Å². The average Bonchev–Trinajstić information content (AvgIpc) is 2.79. The Bertz CT molecular complexity index is 1250. The van der Waals surface area contributed by atoms with Gasteiger partial charge in [-0.2, -0.15) is 0 Å². The number of pyridine rings is 2. The van der Waals surface area contributed by atoms with E-state index in [0.717, 1.165) is 46.1 Å². The van der Waals surface area contributed by atoms with Crippen LogP contribution in [-0.4, -0.2) is 21.0 Å². The quantitative estimate of drug-likeness (QED) is 0.441. The third kappa shape index (κ3) is 3.71. The lowest BCUT2D eigenvalue weighted by atomic mass is 9.97. The van der Waals surface area contributed by atoms with E-state index in [1.807, 2.05) is 28.8 Å². The Morgan fingerprint density at radius 1 is 0.867 bits per heavy atom. The molecule has 2 aromatic heterocycles. The predicted octanol–water partition coefficient (Wildman–Crippen LogP) is 4.77. The molecule has 0 N–H and O–H groups in total. The molecule has 0 radical (unpaired) electrons. The van der Waals surface area contributed by atoms with Crippen molar-refractivity contribution in [1.82, 2.24) is 14.5 Å². The Morgan fingerprint density at radius 2 is 1.63 bits per heavy atom. The van der Waals surface area contributed by atoms with E-state index in [0.29, 0.717) is 13.1 Å². The zero-order valence-electron chi connectivity index (χ0n) is 16.6. The molecular formula is C25H22BrN3O. The van der Waals surface area contributed by atoms with Crippen molar-refractivity contribution in [3.05, 3.63) is 110 Å². The topological polar surface area (TPSA) is 38.1 Å².